The molecule has 0 saturated carbocycles. The van der Waals surface area contributed by atoms with Gasteiger partial charge in [-0.1, -0.05) is 18.2 Å². The molecule has 21 heavy (non-hydrogen) atoms. The first-order valence-electron chi connectivity index (χ1n) is 6.50. The van der Waals surface area contributed by atoms with Crippen LogP contribution >= 0.6 is 0 Å². The number of rotatable bonds is 4. The number of aromatic nitrogens is 2. The lowest BCUT2D eigenvalue weighted by Crippen LogP contribution is -2.23. The van der Waals surface area contributed by atoms with Crippen LogP contribution in [0, 0.1) is 13.8 Å². The van der Waals surface area contributed by atoms with Crippen molar-refractivity contribution in [3.05, 3.63) is 51.4 Å². The fourth-order valence-electron chi connectivity index (χ4n) is 2.19. The van der Waals surface area contributed by atoms with Crippen LogP contribution in [0.1, 0.15) is 23.2 Å². The zero-order valence-electron chi connectivity index (χ0n) is 11.8. The first-order chi connectivity index (χ1) is 9.90. The highest BCUT2D eigenvalue weighted by atomic mass is 16.4. The Balaban J connectivity index is 2.56. The molecule has 2 aromatic rings. The number of aryl methyl sites for hydroxylation is 3. The van der Waals surface area contributed by atoms with E-state index in [9.17, 15) is 14.7 Å². The molecule has 0 fully saturated rings. The van der Waals surface area contributed by atoms with Crippen LogP contribution in [-0.2, 0) is 11.2 Å². The van der Waals surface area contributed by atoms with Gasteiger partial charge in [-0.05, 0) is 25.0 Å². The molecule has 0 aliphatic carbocycles. The highest BCUT2D eigenvalue weighted by Crippen LogP contribution is 2.19. The van der Waals surface area contributed by atoms with Crippen molar-refractivity contribution in [2.75, 3.05) is 0 Å². The first kappa shape index (κ1) is 14.8. The molecule has 0 radical (unpaired) electrons. The summed E-state index contributed by atoms with van der Waals surface area (Å²) in [7, 11) is 0. The maximum atomic E-state index is 12.1. The van der Waals surface area contributed by atoms with Crippen molar-refractivity contribution in [3.8, 4) is 11.4 Å². The van der Waals surface area contributed by atoms with Crippen LogP contribution in [0.5, 0.6) is 5.75 Å². The Morgan fingerprint density at radius 2 is 1.90 bits per heavy atom. The lowest BCUT2D eigenvalue weighted by Gasteiger charge is -2.13. The van der Waals surface area contributed by atoms with Crippen molar-refractivity contribution in [1.29, 1.82) is 0 Å². The van der Waals surface area contributed by atoms with Crippen LogP contribution in [0.2, 0.25) is 0 Å². The molecule has 0 atom stereocenters. The Bertz CT molecular complexity index is 730. The van der Waals surface area contributed by atoms with Crippen molar-refractivity contribution in [2.45, 2.75) is 26.7 Å². The fourth-order valence-corrected chi connectivity index (χ4v) is 2.19. The minimum Gasteiger partial charge on any atom is -0.506 e. The van der Waals surface area contributed by atoms with Gasteiger partial charge < -0.3 is 10.2 Å². The Morgan fingerprint density at radius 1 is 1.29 bits per heavy atom. The zero-order chi connectivity index (χ0) is 15.6. The summed E-state index contributed by atoms with van der Waals surface area (Å²) in [5.74, 6) is -1.26. The highest BCUT2D eigenvalue weighted by Gasteiger charge is 2.13. The summed E-state index contributed by atoms with van der Waals surface area (Å²) in [5, 5.41) is 22.6. The van der Waals surface area contributed by atoms with E-state index in [1.165, 1.54) is 4.68 Å². The molecule has 2 N–H and O–H groups in total. The molecule has 0 aliphatic heterocycles. The zero-order valence-corrected chi connectivity index (χ0v) is 11.8. The van der Waals surface area contributed by atoms with E-state index >= 15 is 0 Å². The molecule has 0 bridgehead atoms. The third-order valence-electron chi connectivity index (χ3n) is 3.21. The first-order valence-corrected chi connectivity index (χ1v) is 6.50. The lowest BCUT2D eigenvalue weighted by atomic mass is 10.1. The quantitative estimate of drug-likeness (QED) is 0.891. The maximum absolute atomic E-state index is 12.1. The van der Waals surface area contributed by atoms with Gasteiger partial charge in [0, 0.05) is 12.5 Å². The number of hydrogen-bond acceptors (Lipinski definition) is 4. The summed E-state index contributed by atoms with van der Waals surface area (Å²) < 4.78 is 1.21. The predicted octanol–water partition coefficient (Wildman–Crippen LogP) is 1.57. The standard InChI is InChI=1S/C15H16N2O4/c1-9-4-3-5-10(2)15(9)17-13(19)8-12(18)11(16-17)6-7-14(20)21/h3-5,8,18H,6-7H2,1-2H3,(H,20,21). The average Bonchev–Trinajstić information content (AvgIpc) is 2.39. The summed E-state index contributed by atoms with van der Waals surface area (Å²) in [6.07, 6.45) is -0.0993. The van der Waals surface area contributed by atoms with Crippen molar-refractivity contribution in [3.63, 3.8) is 0 Å². The van der Waals surface area contributed by atoms with Crippen LogP contribution < -0.4 is 5.56 Å². The van der Waals surface area contributed by atoms with E-state index in [0.29, 0.717) is 5.69 Å². The molecule has 0 spiro atoms. The van der Waals surface area contributed by atoms with Crippen LogP contribution in [0.25, 0.3) is 5.69 Å². The van der Waals surface area contributed by atoms with E-state index in [1.54, 1.807) is 0 Å². The van der Waals surface area contributed by atoms with Crippen LogP contribution in [0.3, 0.4) is 0 Å². The van der Waals surface area contributed by atoms with Gasteiger partial charge in [-0.25, -0.2) is 0 Å². The maximum Gasteiger partial charge on any atom is 0.303 e. The molecule has 2 rings (SSSR count). The second-order valence-corrected chi connectivity index (χ2v) is 4.86. The Labute approximate surface area is 121 Å². The average molecular weight is 288 g/mol. The van der Waals surface area contributed by atoms with E-state index in [2.05, 4.69) is 5.10 Å². The molecular weight excluding hydrogens is 272 g/mol. The molecule has 110 valence electrons. The lowest BCUT2D eigenvalue weighted by molar-refractivity contribution is -0.136. The Hall–Kier alpha value is -2.63. The second-order valence-electron chi connectivity index (χ2n) is 4.86. The molecule has 6 heteroatoms. The third-order valence-corrected chi connectivity index (χ3v) is 3.21. The second kappa shape index (κ2) is 5.78. The van der Waals surface area contributed by atoms with Gasteiger partial charge in [0.15, 0.2) is 0 Å². The molecule has 0 saturated heterocycles. The van der Waals surface area contributed by atoms with E-state index in [1.807, 2.05) is 32.0 Å². The van der Waals surface area contributed by atoms with E-state index < -0.39 is 11.5 Å². The van der Waals surface area contributed by atoms with E-state index in [-0.39, 0.29) is 24.3 Å². The Morgan fingerprint density at radius 3 is 2.48 bits per heavy atom. The predicted molar refractivity (Wildman–Crippen MR) is 76.9 cm³/mol. The molecular formula is C15H16N2O4. The van der Waals surface area contributed by atoms with Gasteiger partial charge in [0.05, 0.1) is 12.1 Å². The SMILES string of the molecule is Cc1cccc(C)c1-n1nc(CCC(=O)O)c(O)cc1=O. The summed E-state index contributed by atoms with van der Waals surface area (Å²) >= 11 is 0. The smallest absolute Gasteiger partial charge is 0.303 e. The van der Waals surface area contributed by atoms with Crippen LogP contribution in [-0.4, -0.2) is 26.0 Å². The van der Waals surface area contributed by atoms with Gasteiger partial charge in [0.25, 0.3) is 5.56 Å². The number of aromatic hydroxyl groups is 1. The van der Waals surface area contributed by atoms with Crippen LogP contribution in [0.15, 0.2) is 29.1 Å². The van der Waals surface area contributed by atoms with Gasteiger partial charge in [0.1, 0.15) is 11.4 Å². The normalized spacial score (nSPS) is 10.6. The molecule has 1 aromatic heterocycles. The number of carboxylic acid groups (broad SMARTS) is 1. The third kappa shape index (κ3) is 3.10. The van der Waals surface area contributed by atoms with Crippen LogP contribution in [0.4, 0.5) is 0 Å². The number of nitrogens with zero attached hydrogens (tertiary/aromatic N) is 2. The van der Waals surface area contributed by atoms with Crippen molar-refractivity contribution in [2.24, 2.45) is 0 Å². The summed E-state index contributed by atoms with van der Waals surface area (Å²) in [5.41, 5.74) is 2.14. The molecule has 1 heterocycles. The van der Waals surface area contributed by atoms with Gasteiger partial charge in [0.2, 0.25) is 0 Å². The topological polar surface area (TPSA) is 92.4 Å². The molecule has 0 amide bonds. The van der Waals surface area contributed by atoms with E-state index in [0.717, 1.165) is 17.2 Å². The number of carboxylic acids is 1. The molecule has 0 unspecified atom stereocenters. The Kier molecular flexibility index (Phi) is 4.07. The largest absolute Gasteiger partial charge is 0.506 e. The van der Waals surface area contributed by atoms with Crippen molar-refractivity contribution in [1.82, 2.24) is 9.78 Å². The number of aliphatic carboxylic acids is 1. The van der Waals surface area contributed by atoms with Crippen molar-refractivity contribution >= 4 is 5.97 Å². The summed E-state index contributed by atoms with van der Waals surface area (Å²) in [6.45, 7) is 3.72. The van der Waals surface area contributed by atoms with Crippen molar-refractivity contribution < 1.29 is 15.0 Å². The minimum absolute atomic E-state index is 0.0619. The number of hydrogen-bond donors (Lipinski definition) is 2. The summed E-state index contributed by atoms with van der Waals surface area (Å²) in [6, 6.07) is 6.67. The summed E-state index contributed by atoms with van der Waals surface area (Å²) in [4.78, 5) is 22.7. The van der Waals surface area contributed by atoms with Gasteiger partial charge >= 0.3 is 5.97 Å². The molecule has 6 nitrogen and oxygen atoms in total. The van der Waals surface area contributed by atoms with Gasteiger partial charge in [-0.15, -0.1) is 0 Å². The highest BCUT2D eigenvalue weighted by molar-refractivity contribution is 5.67. The molecule has 0 aliphatic rings. The number of benzene rings is 1. The van der Waals surface area contributed by atoms with Gasteiger partial charge in [-0.2, -0.15) is 9.78 Å². The van der Waals surface area contributed by atoms with Gasteiger partial charge in [-0.3, -0.25) is 9.59 Å². The minimum atomic E-state index is -0.985. The monoisotopic (exact) mass is 288 g/mol. The fraction of sp³-hybridized carbons (Fsp3) is 0.267. The number of para-hydroxylation sites is 1. The van der Waals surface area contributed by atoms with E-state index in [4.69, 9.17) is 5.11 Å². The number of carbonyl (C=O) groups is 1. The molecule has 1 aromatic carbocycles.